The molecule has 2 aromatic heterocycles. The number of aryl methyl sites for hydroxylation is 1. The van der Waals surface area contributed by atoms with Crippen molar-refractivity contribution in [2.24, 2.45) is 0 Å². The Labute approximate surface area is 186 Å². The van der Waals surface area contributed by atoms with Crippen LogP contribution in [-0.2, 0) is 9.47 Å². The molecule has 0 amide bonds. The van der Waals surface area contributed by atoms with Crippen LogP contribution in [0.25, 0.3) is 0 Å². The van der Waals surface area contributed by atoms with Crippen molar-refractivity contribution in [2.75, 3.05) is 25.6 Å². The first-order valence-corrected chi connectivity index (χ1v) is 10.2. The van der Waals surface area contributed by atoms with Crippen molar-refractivity contribution in [2.45, 2.75) is 26.8 Å². The third-order valence-electron chi connectivity index (χ3n) is 5.12. The lowest BCUT2D eigenvalue weighted by molar-refractivity contribution is 0.0475. The number of ketones is 1. The van der Waals surface area contributed by atoms with Crippen LogP contribution in [0.3, 0.4) is 0 Å². The summed E-state index contributed by atoms with van der Waals surface area (Å²) in [5, 5.41) is 2.80. The Morgan fingerprint density at radius 3 is 2.62 bits per heavy atom. The number of para-hydroxylation sites is 1. The number of rotatable bonds is 9. The average Bonchev–Trinajstić information content (AvgIpc) is 3.08. The summed E-state index contributed by atoms with van der Waals surface area (Å²) in [6, 6.07) is 11.0. The van der Waals surface area contributed by atoms with Gasteiger partial charge in [0.15, 0.2) is 6.61 Å². The number of nitrogens with zero attached hydrogens (tertiary/aromatic N) is 2. The van der Waals surface area contributed by atoms with Crippen LogP contribution in [0.5, 0.6) is 0 Å². The van der Waals surface area contributed by atoms with E-state index >= 15 is 0 Å². The lowest BCUT2D eigenvalue weighted by atomic mass is 10.1. The van der Waals surface area contributed by atoms with Crippen LogP contribution in [0.4, 0.5) is 15.9 Å². The number of benzene rings is 1. The molecular weight excluding hydrogens is 413 g/mol. The normalized spacial score (nSPS) is 11.8. The van der Waals surface area contributed by atoms with E-state index in [0.29, 0.717) is 12.2 Å². The van der Waals surface area contributed by atoms with Gasteiger partial charge in [0.2, 0.25) is 5.78 Å². The molecule has 0 aliphatic rings. The molecule has 168 valence electrons. The maximum atomic E-state index is 14.0. The minimum Gasteiger partial charge on any atom is -0.454 e. The van der Waals surface area contributed by atoms with Gasteiger partial charge in [0.25, 0.3) is 0 Å². The van der Waals surface area contributed by atoms with E-state index in [1.54, 1.807) is 31.4 Å². The van der Waals surface area contributed by atoms with Crippen molar-refractivity contribution < 1.29 is 23.5 Å². The lowest BCUT2D eigenvalue weighted by Crippen LogP contribution is -2.17. The molecule has 0 saturated heterocycles. The first-order valence-electron chi connectivity index (χ1n) is 10.2. The Morgan fingerprint density at radius 1 is 1.16 bits per heavy atom. The number of anilines is 2. The predicted molar refractivity (Wildman–Crippen MR) is 119 cm³/mol. The van der Waals surface area contributed by atoms with Gasteiger partial charge in [0, 0.05) is 30.3 Å². The Hall–Kier alpha value is -3.52. The van der Waals surface area contributed by atoms with E-state index in [4.69, 9.17) is 9.47 Å². The summed E-state index contributed by atoms with van der Waals surface area (Å²) in [4.78, 5) is 29.5. The summed E-state index contributed by atoms with van der Waals surface area (Å²) in [6.45, 7) is 5.86. The van der Waals surface area contributed by atoms with Crippen molar-refractivity contribution in [3.63, 3.8) is 0 Å². The first-order chi connectivity index (χ1) is 15.3. The molecule has 1 unspecified atom stereocenters. The Bertz CT molecular complexity index is 1130. The summed E-state index contributed by atoms with van der Waals surface area (Å²) >= 11 is 0. The molecule has 0 fully saturated rings. The molecule has 3 rings (SSSR count). The van der Waals surface area contributed by atoms with Gasteiger partial charge in [-0.2, -0.15) is 0 Å². The summed E-state index contributed by atoms with van der Waals surface area (Å²) in [6.07, 6.45) is 1.47. The monoisotopic (exact) mass is 439 g/mol. The number of nitrogens with one attached hydrogen (secondary N) is 1. The van der Waals surface area contributed by atoms with Crippen LogP contribution >= 0.6 is 0 Å². The number of hydrogen-bond acceptors (Lipinski definition) is 6. The topological polar surface area (TPSA) is 82.5 Å². The minimum absolute atomic E-state index is 0.0616. The third-order valence-corrected chi connectivity index (χ3v) is 5.12. The molecule has 8 heteroatoms. The van der Waals surface area contributed by atoms with Gasteiger partial charge in [-0.1, -0.05) is 12.1 Å². The van der Waals surface area contributed by atoms with E-state index < -0.39 is 18.4 Å². The predicted octanol–water partition coefficient (Wildman–Crippen LogP) is 4.63. The number of methoxy groups -OCH3 is 1. The van der Waals surface area contributed by atoms with Crippen LogP contribution in [0.15, 0.2) is 48.7 Å². The smallest absolute Gasteiger partial charge is 0.342 e. The fourth-order valence-electron chi connectivity index (χ4n) is 3.70. The van der Waals surface area contributed by atoms with Gasteiger partial charge in [-0.15, -0.1) is 0 Å². The number of Topliss-reactive ketones (excluding diaryl/α,β-unsaturated/α-hetero) is 1. The van der Waals surface area contributed by atoms with E-state index in [1.807, 2.05) is 25.3 Å². The van der Waals surface area contributed by atoms with Crippen LogP contribution in [0.2, 0.25) is 0 Å². The summed E-state index contributed by atoms with van der Waals surface area (Å²) in [5.41, 5.74) is 2.48. The molecule has 0 aliphatic heterocycles. The molecule has 7 nitrogen and oxygen atoms in total. The van der Waals surface area contributed by atoms with Crippen LogP contribution in [0, 0.1) is 19.7 Å². The van der Waals surface area contributed by atoms with Crippen molar-refractivity contribution in [1.29, 1.82) is 0 Å². The highest BCUT2D eigenvalue weighted by Gasteiger charge is 2.21. The maximum absolute atomic E-state index is 14.0. The Balaban J connectivity index is 1.72. The number of ether oxygens (including phenoxy) is 2. The van der Waals surface area contributed by atoms with E-state index in [1.165, 1.54) is 24.4 Å². The molecule has 0 bridgehead atoms. The third kappa shape index (κ3) is 5.03. The zero-order valence-corrected chi connectivity index (χ0v) is 18.5. The summed E-state index contributed by atoms with van der Waals surface area (Å²) in [7, 11) is 1.63. The van der Waals surface area contributed by atoms with Gasteiger partial charge >= 0.3 is 5.97 Å². The number of carbonyl (C=O) groups is 2. The highest BCUT2D eigenvalue weighted by molar-refractivity contribution is 6.01. The van der Waals surface area contributed by atoms with Crippen LogP contribution in [0.1, 0.15) is 45.1 Å². The molecule has 0 spiro atoms. The number of halogens is 1. The van der Waals surface area contributed by atoms with Gasteiger partial charge in [0.1, 0.15) is 17.2 Å². The van der Waals surface area contributed by atoms with Gasteiger partial charge in [-0.05, 0) is 51.1 Å². The van der Waals surface area contributed by atoms with E-state index in [0.717, 1.165) is 11.4 Å². The number of carbonyl (C=O) groups excluding carboxylic acids is 2. The van der Waals surface area contributed by atoms with Crippen molar-refractivity contribution >= 4 is 23.3 Å². The molecule has 32 heavy (non-hydrogen) atoms. The molecule has 1 N–H and O–H groups in total. The quantitative estimate of drug-likeness (QED) is 0.387. The van der Waals surface area contributed by atoms with Gasteiger partial charge in [-0.25, -0.2) is 14.2 Å². The zero-order valence-electron chi connectivity index (χ0n) is 18.5. The summed E-state index contributed by atoms with van der Waals surface area (Å²) < 4.78 is 26.5. The molecule has 1 aromatic carbocycles. The molecule has 0 aliphatic carbocycles. The largest absolute Gasteiger partial charge is 0.454 e. The molecule has 0 radical (unpaired) electrons. The Kier molecular flexibility index (Phi) is 7.37. The zero-order chi connectivity index (χ0) is 23.3. The highest BCUT2D eigenvalue weighted by atomic mass is 19.1. The van der Waals surface area contributed by atoms with Crippen LogP contribution < -0.4 is 5.32 Å². The SMILES string of the molecule is COCC(C)n1c(C)cc(C(=O)COC(=O)c2cccnc2Nc2ccccc2F)c1C. The second-order valence-electron chi connectivity index (χ2n) is 7.46. The highest BCUT2D eigenvalue weighted by Crippen LogP contribution is 2.23. The van der Waals surface area contributed by atoms with Crippen molar-refractivity contribution in [3.05, 3.63) is 77.0 Å². The number of pyridine rings is 1. The maximum Gasteiger partial charge on any atom is 0.342 e. The molecule has 2 heterocycles. The van der Waals surface area contributed by atoms with Gasteiger partial charge in [0.05, 0.1) is 18.3 Å². The van der Waals surface area contributed by atoms with Gasteiger partial charge in [-0.3, -0.25) is 4.79 Å². The summed E-state index contributed by atoms with van der Waals surface area (Å²) in [5.74, 6) is -1.38. The van der Waals surface area contributed by atoms with Gasteiger partial charge < -0.3 is 19.4 Å². The van der Waals surface area contributed by atoms with Crippen LogP contribution in [-0.4, -0.2) is 41.6 Å². The lowest BCUT2D eigenvalue weighted by Gasteiger charge is -2.17. The average molecular weight is 439 g/mol. The van der Waals surface area contributed by atoms with Crippen molar-refractivity contribution in [1.82, 2.24) is 9.55 Å². The first kappa shape index (κ1) is 23.1. The Morgan fingerprint density at radius 2 is 1.91 bits per heavy atom. The second kappa shape index (κ2) is 10.2. The van der Waals surface area contributed by atoms with E-state index in [-0.39, 0.29) is 28.9 Å². The minimum atomic E-state index is -0.730. The molecular formula is C24H26FN3O4. The number of aromatic nitrogens is 2. The van der Waals surface area contributed by atoms with Crippen molar-refractivity contribution in [3.8, 4) is 0 Å². The number of hydrogen-bond donors (Lipinski definition) is 1. The molecule has 3 aromatic rings. The molecule has 1 atom stereocenters. The number of esters is 1. The van der Waals surface area contributed by atoms with E-state index in [2.05, 4.69) is 10.3 Å². The standard InChI is InChI=1S/C24H26FN3O4/c1-15-12-19(17(3)28(15)16(2)13-31-4)22(29)14-32-24(30)18-8-7-11-26-23(18)27-21-10-6-5-9-20(21)25/h5-12,16H,13-14H2,1-4H3,(H,26,27). The fraction of sp³-hybridized carbons (Fsp3) is 0.292. The fourth-order valence-corrected chi connectivity index (χ4v) is 3.70. The van der Waals surface area contributed by atoms with E-state index in [9.17, 15) is 14.0 Å². The molecule has 0 saturated carbocycles. The second-order valence-corrected chi connectivity index (χ2v) is 7.46.